The Labute approximate surface area is 93.5 Å². The predicted molar refractivity (Wildman–Crippen MR) is 64.2 cm³/mol. The van der Waals surface area contributed by atoms with Crippen molar-refractivity contribution < 1.29 is 4.42 Å². The minimum Gasteiger partial charge on any atom is -0.443 e. The number of hydrogen-bond acceptors (Lipinski definition) is 2. The van der Waals surface area contributed by atoms with Gasteiger partial charge in [0.15, 0.2) is 12.0 Å². The van der Waals surface area contributed by atoms with Gasteiger partial charge < -0.3 is 4.42 Å². The molecular weight excluding hydrogens is 198 g/mol. The number of oxazole rings is 1. The van der Waals surface area contributed by atoms with Crippen LogP contribution in [0.15, 0.2) is 53.3 Å². The minimum absolute atomic E-state index is 0.831. The molecule has 16 heavy (non-hydrogen) atoms. The molecule has 0 bridgehead atoms. The molecule has 1 aromatic heterocycles. The molecule has 0 unspecified atom stereocenters. The molecule has 1 heterocycles. The van der Waals surface area contributed by atoms with Gasteiger partial charge in [-0.1, -0.05) is 30.3 Å². The monoisotopic (exact) mass is 209 g/mol. The van der Waals surface area contributed by atoms with E-state index in [4.69, 9.17) is 4.42 Å². The van der Waals surface area contributed by atoms with E-state index >= 15 is 0 Å². The van der Waals surface area contributed by atoms with Crippen LogP contribution >= 0.6 is 0 Å². The Bertz CT molecular complexity index is 640. The summed E-state index contributed by atoms with van der Waals surface area (Å²) >= 11 is 0. The summed E-state index contributed by atoms with van der Waals surface area (Å²) in [6, 6.07) is 14.4. The Hall–Kier alpha value is -2.09. The number of aromatic nitrogens is 1. The summed E-state index contributed by atoms with van der Waals surface area (Å²) in [6.07, 6.45) is 1.48. The summed E-state index contributed by atoms with van der Waals surface area (Å²) in [6.45, 7) is 2.11. The van der Waals surface area contributed by atoms with E-state index in [9.17, 15) is 0 Å². The van der Waals surface area contributed by atoms with Gasteiger partial charge in [-0.2, -0.15) is 0 Å². The summed E-state index contributed by atoms with van der Waals surface area (Å²) < 4.78 is 5.23. The first-order valence-corrected chi connectivity index (χ1v) is 5.24. The Morgan fingerprint density at radius 1 is 1.06 bits per heavy atom. The normalized spacial score (nSPS) is 10.8. The lowest BCUT2D eigenvalue weighted by Gasteiger charge is -2.04. The number of hydrogen-bond donors (Lipinski definition) is 0. The van der Waals surface area contributed by atoms with E-state index in [1.165, 1.54) is 23.1 Å². The lowest BCUT2D eigenvalue weighted by molar-refractivity contribution is 0.602. The molecule has 0 spiro atoms. The van der Waals surface area contributed by atoms with Crippen LogP contribution in [0.3, 0.4) is 0 Å². The summed E-state index contributed by atoms with van der Waals surface area (Å²) in [7, 11) is 0. The molecule has 0 aliphatic heterocycles. The highest BCUT2D eigenvalue weighted by Gasteiger charge is 2.04. The van der Waals surface area contributed by atoms with Crippen molar-refractivity contribution in [1.82, 2.24) is 4.98 Å². The van der Waals surface area contributed by atoms with Crippen molar-refractivity contribution in [3.63, 3.8) is 0 Å². The van der Waals surface area contributed by atoms with E-state index < -0.39 is 0 Å². The van der Waals surface area contributed by atoms with Crippen molar-refractivity contribution in [2.75, 3.05) is 0 Å². The fourth-order valence-corrected chi connectivity index (χ4v) is 1.92. The zero-order valence-electron chi connectivity index (χ0n) is 8.97. The van der Waals surface area contributed by atoms with Gasteiger partial charge in [0, 0.05) is 0 Å². The van der Waals surface area contributed by atoms with Crippen LogP contribution in [0.1, 0.15) is 5.56 Å². The number of aryl methyl sites for hydroxylation is 1. The molecule has 0 saturated heterocycles. The van der Waals surface area contributed by atoms with Crippen LogP contribution in [0, 0.1) is 6.92 Å². The van der Waals surface area contributed by atoms with Crippen molar-refractivity contribution in [1.29, 1.82) is 0 Å². The predicted octanol–water partition coefficient (Wildman–Crippen LogP) is 3.80. The van der Waals surface area contributed by atoms with Gasteiger partial charge in [0.1, 0.15) is 5.52 Å². The summed E-state index contributed by atoms with van der Waals surface area (Å²) in [5.41, 5.74) is 5.43. The Morgan fingerprint density at radius 2 is 1.94 bits per heavy atom. The maximum absolute atomic E-state index is 5.23. The van der Waals surface area contributed by atoms with Gasteiger partial charge in [-0.25, -0.2) is 4.98 Å². The first kappa shape index (κ1) is 9.16. The minimum atomic E-state index is 0.831. The van der Waals surface area contributed by atoms with Crippen LogP contribution in [0.2, 0.25) is 0 Å². The molecule has 0 aliphatic carbocycles. The van der Waals surface area contributed by atoms with Gasteiger partial charge in [0.05, 0.1) is 0 Å². The van der Waals surface area contributed by atoms with E-state index in [1.54, 1.807) is 0 Å². The van der Waals surface area contributed by atoms with Gasteiger partial charge >= 0.3 is 0 Å². The first-order chi connectivity index (χ1) is 7.84. The maximum atomic E-state index is 5.23. The Kier molecular flexibility index (Phi) is 2.00. The highest BCUT2D eigenvalue weighted by Crippen LogP contribution is 2.26. The molecule has 0 amide bonds. The molecule has 3 rings (SSSR count). The van der Waals surface area contributed by atoms with Crippen molar-refractivity contribution in [2.24, 2.45) is 0 Å². The highest BCUT2D eigenvalue weighted by atomic mass is 16.3. The van der Waals surface area contributed by atoms with Crippen molar-refractivity contribution in [3.05, 3.63) is 54.4 Å². The fraction of sp³-hybridized carbons (Fsp3) is 0.0714. The van der Waals surface area contributed by atoms with Crippen molar-refractivity contribution in [3.8, 4) is 11.1 Å². The largest absolute Gasteiger partial charge is 0.443 e. The fourth-order valence-electron chi connectivity index (χ4n) is 1.92. The summed E-state index contributed by atoms with van der Waals surface area (Å²) in [5.74, 6) is 0. The maximum Gasteiger partial charge on any atom is 0.181 e. The van der Waals surface area contributed by atoms with E-state index in [0.717, 1.165) is 11.1 Å². The summed E-state index contributed by atoms with van der Waals surface area (Å²) in [4.78, 5) is 4.17. The molecule has 78 valence electrons. The molecule has 2 heteroatoms. The van der Waals surface area contributed by atoms with E-state index in [-0.39, 0.29) is 0 Å². The summed E-state index contributed by atoms with van der Waals surface area (Å²) in [5, 5.41) is 0. The molecule has 0 saturated carbocycles. The second-order valence-corrected chi connectivity index (χ2v) is 3.85. The average molecular weight is 209 g/mol. The molecule has 0 fully saturated rings. The average Bonchev–Trinajstić information content (AvgIpc) is 2.76. The van der Waals surface area contributed by atoms with Gasteiger partial charge in [-0.05, 0) is 35.7 Å². The molecule has 0 atom stereocenters. The van der Waals surface area contributed by atoms with Gasteiger partial charge in [-0.15, -0.1) is 0 Å². The third kappa shape index (κ3) is 1.39. The number of nitrogens with zero attached hydrogens (tertiary/aromatic N) is 1. The lowest BCUT2D eigenvalue weighted by Crippen LogP contribution is -1.82. The molecule has 3 aromatic rings. The zero-order valence-corrected chi connectivity index (χ0v) is 8.97. The Balaban J connectivity index is 2.22. The van der Waals surface area contributed by atoms with E-state index in [0.29, 0.717) is 0 Å². The second-order valence-electron chi connectivity index (χ2n) is 3.85. The van der Waals surface area contributed by atoms with Gasteiger partial charge in [-0.3, -0.25) is 0 Å². The van der Waals surface area contributed by atoms with Crippen LogP contribution in [-0.4, -0.2) is 4.98 Å². The first-order valence-electron chi connectivity index (χ1n) is 5.24. The molecule has 0 N–H and O–H groups in total. The highest BCUT2D eigenvalue weighted by molar-refractivity contribution is 5.80. The molecule has 0 radical (unpaired) electrons. The van der Waals surface area contributed by atoms with Crippen LogP contribution in [0.25, 0.3) is 22.2 Å². The van der Waals surface area contributed by atoms with Gasteiger partial charge in [0.25, 0.3) is 0 Å². The quantitative estimate of drug-likeness (QED) is 0.609. The molecule has 0 aliphatic rings. The molecular formula is C14H11NO. The van der Waals surface area contributed by atoms with Gasteiger partial charge in [0.2, 0.25) is 0 Å². The van der Waals surface area contributed by atoms with Crippen molar-refractivity contribution in [2.45, 2.75) is 6.92 Å². The number of fused-ring (bicyclic) bond motifs is 1. The third-order valence-electron chi connectivity index (χ3n) is 2.79. The third-order valence-corrected chi connectivity index (χ3v) is 2.79. The van der Waals surface area contributed by atoms with Crippen LogP contribution in [0.5, 0.6) is 0 Å². The SMILES string of the molecule is Cc1ccccc1-c1ccc2ocnc2c1. The van der Waals surface area contributed by atoms with Crippen molar-refractivity contribution >= 4 is 11.1 Å². The number of benzene rings is 2. The lowest BCUT2D eigenvalue weighted by atomic mass is 10.0. The molecule has 2 nitrogen and oxygen atoms in total. The van der Waals surface area contributed by atoms with Crippen LogP contribution in [-0.2, 0) is 0 Å². The zero-order chi connectivity index (χ0) is 11.0. The standard InChI is InChI=1S/C14H11NO/c1-10-4-2-3-5-12(10)11-6-7-14-13(8-11)15-9-16-14/h2-9H,1H3. The van der Waals surface area contributed by atoms with E-state index in [1.807, 2.05) is 12.1 Å². The second kappa shape index (κ2) is 3.49. The Morgan fingerprint density at radius 3 is 2.81 bits per heavy atom. The van der Waals surface area contributed by atoms with Crippen LogP contribution < -0.4 is 0 Å². The topological polar surface area (TPSA) is 26.0 Å². The number of rotatable bonds is 1. The van der Waals surface area contributed by atoms with Crippen LogP contribution in [0.4, 0.5) is 0 Å². The smallest absolute Gasteiger partial charge is 0.181 e. The van der Waals surface area contributed by atoms with E-state index in [2.05, 4.69) is 42.2 Å². The molecule has 2 aromatic carbocycles.